The molecule has 1 fully saturated rings. The minimum atomic E-state index is -0.199. The quantitative estimate of drug-likeness (QED) is 0.143. The number of hydrogen-bond donors (Lipinski definition) is 4. The van der Waals surface area contributed by atoms with Crippen molar-refractivity contribution in [1.82, 2.24) is 16.0 Å². The van der Waals surface area contributed by atoms with Gasteiger partial charge in [0.1, 0.15) is 16.7 Å². The number of nitrogens with one attached hydrogen (secondary N) is 4. The van der Waals surface area contributed by atoms with Gasteiger partial charge in [-0.3, -0.25) is 16.0 Å². The van der Waals surface area contributed by atoms with E-state index in [1.54, 1.807) is 0 Å². The summed E-state index contributed by atoms with van der Waals surface area (Å²) in [4.78, 5) is 0. The van der Waals surface area contributed by atoms with Crippen LogP contribution >= 0.6 is 0 Å². The number of benzene rings is 7. The van der Waals surface area contributed by atoms with Gasteiger partial charge in [-0.15, -0.1) is 0 Å². The molecule has 0 bridgehead atoms. The molecule has 2 aliphatic heterocycles. The highest BCUT2D eigenvalue weighted by atomic mass is 16.4. The molecule has 6 nitrogen and oxygen atoms in total. The van der Waals surface area contributed by atoms with E-state index >= 15 is 0 Å². The van der Waals surface area contributed by atoms with Crippen LogP contribution in [-0.2, 0) is 0 Å². The Morgan fingerprint density at radius 1 is 0.463 bits per heavy atom. The van der Waals surface area contributed by atoms with Gasteiger partial charge >= 0.3 is 0 Å². The first-order valence-electron chi connectivity index (χ1n) is 18.6. The lowest BCUT2D eigenvalue weighted by atomic mass is 9.90. The van der Waals surface area contributed by atoms with Crippen LogP contribution in [0.2, 0.25) is 0 Å². The average Bonchev–Trinajstić information content (AvgIpc) is 3.82. The van der Waals surface area contributed by atoms with Crippen molar-refractivity contribution in [2.75, 3.05) is 11.9 Å². The fraction of sp³-hybridized carbons (Fsp3) is 0.0833. The van der Waals surface area contributed by atoms with Gasteiger partial charge in [-0.05, 0) is 74.0 Å². The lowest BCUT2D eigenvalue weighted by molar-refractivity contribution is 0.205. The van der Waals surface area contributed by atoms with Crippen LogP contribution in [-0.4, -0.2) is 6.54 Å². The van der Waals surface area contributed by atoms with Gasteiger partial charge < -0.3 is 14.2 Å². The normalized spacial score (nSPS) is 18.3. The van der Waals surface area contributed by atoms with Crippen molar-refractivity contribution < 1.29 is 8.83 Å². The van der Waals surface area contributed by atoms with Crippen LogP contribution < -0.4 is 21.3 Å². The first kappa shape index (κ1) is 31.1. The van der Waals surface area contributed by atoms with Crippen LogP contribution in [0.5, 0.6) is 0 Å². The van der Waals surface area contributed by atoms with Crippen LogP contribution in [0.3, 0.4) is 0 Å². The second-order valence-electron chi connectivity index (χ2n) is 14.2. The Hall–Kier alpha value is -6.44. The van der Waals surface area contributed by atoms with E-state index in [2.05, 4.69) is 173 Å². The molecule has 6 heteroatoms. The third-order valence-electron chi connectivity index (χ3n) is 11.0. The highest BCUT2D eigenvalue weighted by molar-refractivity contribution is 6.10. The zero-order valence-corrected chi connectivity index (χ0v) is 29.3. The summed E-state index contributed by atoms with van der Waals surface area (Å²) in [6.45, 7) is 0.764. The Morgan fingerprint density at radius 2 is 1.15 bits per heavy atom. The van der Waals surface area contributed by atoms with Crippen LogP contribution in [0.4, 0.5) is 5.88 Å². The Labute approximate surface area is 312 Å². The van der Waals surface area contributed by atoms with E-state index in [4.69, 9.17) is 8.83 Å². The minimum Gasteiger partial charge on any atom is -0.456 e. The SMILES string of the molecule is C1=Cc2c(oc3cccc(-c4ccc(C5NC(c6cccc(-c7ccccc7)c6)NC(c6cccc7oc8ccccc8c67)N5)c5ccccc45)c23)NC1. The Morgan fingerprint density at radius 3 is 2.04 bits per heavy atom. The van der Waals surface area contributed by atoms with E-state index < -0.39 is 0 Å². The standard InChI is InChI=1S/C48H36N4O2/c1-2-12-29(13-3-1)30-14-8-15-31(28-30)45-50-46(52-47(51-45)38-20-10-23-41-44(38)37-18-6-7-22-40(37)53-41)36-26-25-34(32-16-4-5-17-33(32)36)35-19-9-24-42-43(35)39-21-11-27-49-48(39)54-42/h1-26,28,45-47,49-52H,27H2. The predicted octanol–water partition coefficient (Wildman–Crippen LogP) is 11.4. The number of anilines is 1. The van der Waals surface area contributed by atoms with E-state index in [9.17, 15) is 0 Å². The molecule has 0 spiro atoms. The molecule has 3 atom stereocenters. The highest BCUT2D eigenvalue weighted by Crippen LogP contribution is 2.43. The molecule has 0 aliphatic carbocycles. The molecular formula is C48H36N4O2. The second kappa shape index (κ2) is 12.6. The summed E-state index contributed by atoms with van der Waals surface area (Å²) in [5, 5.41) is 21.1. The molecule has 0 amide bonds. The lowest BCUT2D eigenvalue weighted by Gasteiger charge is -2.40. The summed E-state index contributed by atoms with van der Waals surface area (Å²) >= 11 is 0. The van der Waals surface area contributed by atoms with E-state index in [0.29, 0.717) is 0 Å². The fourth-order valence-electron chi connectivity index (χ4n) is 8.59. The molecule has 260 valence electrons. The largest absolute Gasteiger partial charge is 0.456 e. The van der Waals surface area contributed by atoms with Crippen molar-refractivity contribution >= 4 is 55.6 Å². The van der Waals surface area contributed by atoms with Gasteiger partial charge in [-0.25, -0.2) is 0 Å². The van der Waals surface area contributed by atoms with Crippen molar-refractivity contribution in [3.05, 3.63) is 180 Å². The predicted molar refractivity (Wildman–Crippen MR) is 220 cm³/mol. The molecular weight excluding hydrogens is 665 g/mol. The van der Waals surface area contributed by atoms with E-state index in [0.717, 1.165) is 67.6 Å². The number of furan rings is 2. The van der Waals surface area contributed by atoms with Crippen LogP contribution in [0.25, 0.3) is 72.0 Å². The molecule has 3 unspecified atom stereocenters. The Kier molecular flexibility index (Phi) is 7.26. The molecule has 7 aromatic carbocycles. The van der Waals surface area contributed by atoms with Gasteiger partial charge in [-0.2, -0.15) is 0 Å². The number of para-hydroxylation sites is 1. The van der Waals surface area contributed by atoms with Crippen LogP contribution in [0, 0.1) is 0 Å². The minimum absolute atomic E-state index is 0.165. The molecule has 2 aromatic heterocycles. The van der Waals surface area contributed by atoms with Crippen LogP contribution in [0.1, 0.15) is 40.8 Å². The highest BCUT2D eigenvalue weighted by Gasteiger charge is 2.32. The average molecular weight is 701 g/mol. The molecule has 9 aromatic rings. The summed E-state index contributed by atoms with van der Waals surface area (Å²) in [5.74, 6) is 0.831. The summed E-state index contributed by atoms with van der Waals surface area (Å²) in [5.41, 5.74) is 12.0. The van der Waals surface area contributed by atoms with Crippen molar-refractivity contribution in [2.45, 2.75) is 18.5 Å². The summed E-state index contributed by atoms with van der Waals surface area (Å²) < 4.78 is 12.6. The topological polar surface area (TPSA) is 74.4 Å². The monoisotopic (exact) mass is 700 g/mol. The van der Waals surface area contributed by atoms with Crippen molar-refractivity contribution in [2.24, 2.45) is 0 Å². The van der Waals surface area contributed by atoms with Crippen molar-refractivity contribution in [1.29, 1.82) is 0 Å². The van der Waals surface area contributed by atoms with Crippen LogP contribution in [0.15, 0.2) is 167 Å². The maximum Gasteiger partial charge on any atom is 0.201 e. The van der Waals surface area contributed by atoms with E-state index in [1.165, 1.54) is 33.0 Å². The first-order valence-corrected chi connectivity index (χ1v) is 18.6. The fourth-order valence-corrected chi connectivity index (χ4v) is 8.59. The maximum atomic E-state index is 6.36. The van der Waals surface area contributed by atoms with Gasteiger partial charge in [0, 0.05) is 28.3 Å². The van der Waals surface area contributed by atoms with Gasteiger partial charge in [0.15, 0.2) is 0 Å². The lowest BCUT2D eigenvalue weighted by Crippen LogP contribution is -2.54. The third kappa shape index (κ3) is 5.07. The van der Waals surface area contributed by atoms with Gasteiger partial charge in [-0.1, -0.05) is 140 Å². The van der Waals surface area contributed by atoms with E-state index in [-0.39, 0.29) is 18.5 Å². The van der Waals surface area contributed by atoms with Gasteiger partial charge in [0.25, 0.3) is 0 Å². The van der Waals surface area contributed by atoms with Crippen molar-refractivity contribution in [3.63, 3.8) is 0 Å². The zero-order valence-electron chi connectivity index (χ0n) is 29.3. The summed E-state index contributed by atoms with van der Waals surface area (Å²) in [7, 11) is 0. The molecule has 4 N–H and O–H groups in total. The number of hydrogen-bond acceptors (Lipinski definition) is 6. The van der Waals surface area contributed by atoms with Gasteiger partial charge in [0.05, 0.1) is 18.5 Å². The van der Waals surface area contributed by atoms with Crippen molar-refractivity contribution in [3.8, 4) is 22.3 Å². The molecule has 0 radical (unpaired) electrons. The number of rotatable bonds is 5. The Balaban J connectivity index is 1.06. The van der Waals surface area contributed by atoms with E-state index in [1.807, 2.05) is 12.1 Å². The first-order chi connectivity index (χ1) is 26.8. The summed E-state index contributed by atoms with van der Waals surface area (Å²) in [6, 6.07) is 53.8. The molecule has 54 heavy (non-hydrogen) atoms. The summed E-state index contributed by atoms with van der Waals surface area (Å²) in [6.07, 6.45) is 3.77. The Bertz CT molecular complexity index is 2910. The number of fused-ring (bicyclic) bond motifs is 7. The molecule has 11 rings (SSSR count). The molecule has 4 heterocycles. The van der Waals surface area contributed by atoms with Gasteiger partial charge in [0.2, 0.25) is 5.88 Å². The molecule has 2 aliphatic rings. The molecule has 0 saturated carbocycles. The molecule has 1 saturated heterocycles. The smallest absolute Gasteiger partial charge is 0.201 e. The third-order valence-corrected chi connectivity index (χ3v) is 11.0. The zero-order chi connectivity index (χ0) is 35.6. The second-order valence-corrected chi connectivity index (χ2v) is 14.2. The maximum absolute atomic E-state index is 6.36.